The van der Waals surface area contributed by atoms with E-state index in [-0.39, 0.29) is 5.92 Å². The fourth-order valence-corrected chi connectivity index (χ4v) is 7.46. The molecule has 0 aliphatic heterocycles. The van der Waals surface area contributed by atoms with E-state index in [9.17, 15) is 0 Å². The van der Waals surface area contributed by atoms with Gasteiger partial charge in [-0.15, -0.1) is 0 Å². The van der Waals surface area contributed by atoms with Crippen LogP contribution in [0.25, 0.3) is 60.9 Å². The molecule has 1 unspecified atom stereocenters. The molecule has 0 radical (unpaired) electrons. The Labute approximate surface area is 293 Å². The van der Waals surface area contributed by atoms with Gasteiger partial charge < -0.3 is 4.57 Å². The van der Waals surface area contributed by atoms with Gasteiger partial charge in [0.1, 0.15) is 0 Å². The van der Waals surface area contributed by atoms with Crippen LogP contribution >= 0.6 is 0 Å². The SMILES string of the molecule is c1ccc(-c2ccc(-c3ccc(C(c4ccccc4)c4ccc5c6ccccc6n(-c6ccc(-c7ccccc7)cc6)c5c4)cc3)cc2)cc1. The number of aromatic nitrogens is 1. The Morgan fingerprint density at radius 2 is 0.680 bits per heavy atom. The van der Waals surface area contributed by atoms with Crippen LogP contribution in [0.2, 0.25) is 0 Å². The molecule has 1 heterocycles. The second-order valence-electron chi connectivity index (χ2n) is 13.0. The summed E-state index contributed by atoms with van der Waals surface area (Å²) < 4.78 is 2.42. The molecule has 0 saturated heterocycles. The second-order valence-corrected chi connectivity index (χ2v) is 13.0. The molecule has 0 aliphatic carbocycles. The van der Waals surface area contributed by atoms with E-state index in [0.717, 1.165) is 5.69 Å². The number of fused-ring (bicyclic) bond motifs is 3. The zero-order valence-corrected chi connectivity index (χ0v) is 27.7. The van der Waals surface area contributed by atoms with E-state index >= 15 is 0 Å². The molecule has 1 heteroatoms. The molecule has 9 rings (SSSR count). The highest BCUT2D eigenvalue weighted by Crippen LogP contribution is 2.39. The minimum Gasteiger partial charge on any atom is -0.309 e. The van der Waals surface area contributed by atoms with Gasteiger partial charge in [0.25, 0.3) is 0 Å². The van der Waals surface area contributed by atoms with E-state index in [1.54, 1.807) is 0 Å². The van der Waals surface area contributed by atoms with Crippen molar-refractivity contribution in [1.29, 1.82) is 0 Å². The lowest BCUT2D eigenvalue weighted by molar-refractivity contribution is 0.978. The van der Waals surface area contributed by atoms with Crippen molar-refractivity contribution in [2.45, 2.75) is 5.92 Å². The predicted octanol–water partition coefficient (Wildman–Crippen LogP) is 13.0. The van der Waals surface area contributed by atoms with Crippen molar-refractivity contribution in [3.63, 3.8) is 0 Å². The third-order valence-electron chi connectivity index (χ3n) is 9.97. The number of nitrogens with zero attached hydrogens (tertiary/aromatic N) is 1. The van der Waals surface area contributed by atoms with Gasteiger partial charge in [0.15, 0.2) is 0 Å². The third kappa shape index (κ3) is 5.49. The van der Waals surface area contributed by atoms with E-state index in [2.05, 4.69) is 211 Å². The molecule has 236 valence electrons. The first-order valence-corrected chi connectivity index (χ1v) is 17.3. The van der Waals surface area contributed by atoms with Crippen molar-refractivity contribution in [2.75, 3.05) is 0 Å². The Balaban J connectivity index is 1.13. The smallest absolute Gasteiger partial charge is 0.0544 e. The molecule has 0 fully saturated rings. The average Bonchev–Trinajstić information content (AvgIpc) is 3.53. The molecular formula is C49H35N. The van der Waals surface area contributed by atoms with Crippen LogP contribution in [0.3, 0.4) is 0 Å². The summed E-state index contributed by atoms with van der Waals surface area (Å²) in [5, 5.41) is 2.53. The lowest BCUT2D eigenvalue weighted by Crippen LogP contribution is -2.04. The normalized spacial score (nSPS) is 11.9. The average molecular weight is 638 g/mol. The van der Waals surface area contributed by atoms with Crippen molar-refractivity contribution in [2.24, 2.45) is 0 Å². The van der Waals surface area contributed by atoms with E-state index < -0.39 is 0 Å². The van der Waals surface area contributed by atoms with Crippen molar-refractivity contribution in [3.8, 4) is 39.1 Å². The molecule has 0 amide bonds. The topological polar surface area (TPSA) is 4.93 Å². The zero-order chi connectivity index (χ0) is 33.3. The molecule has 0 saturated carbocycles. The van der Waals surface area contributed by atoms with Gasteiger partial charge in [-0.3, -0.25) is 0 Å². The van der Waals surface area contributed by atoms with Crippen LogP contribution in [0.15, 0.2) is 206 Å². The summed E-state index contributed by atoms with van der Waals surface area (Å²) in [5.41, 5.74) is 14.8. The van der Waals surface area contributed by atoms with Gasteiger partial charge in [-0.2, -0.15) is 0 Å². The van der Waals surface area contributed by atoms with Crippen LogP contribution in [0, 0.1) is 0 Å². The lowest BCUT2D eigenvalue weighted by atomic mass is 9.84. The van der Waals surface area contributed by atoms with E-state index in [1.165, 1.54) is 71.9 Å². The van der Waals surface area contributed by atoms with Crippen LogP contribution in [-0.4, -0.2) is 4.57 Å². The summed E-state index contributed by atoms with van der Waals surface area (Å²) in [6, 6.07) is 74.9. The quantitative estimate of drug-likeness (QED) is 0.153. The van der Waals surface area contributed by atoms with Gasteiger partial charge in [-0.1, -0.05) is 182 Å². The van der Waals surface area contributed by atoms with Crippen LogP contribution < -0.4 is 0 Å². The summed E-state index contributed by atoms with van der Waals surface area (Å²) in [6.45, 7) is 0. The van der Waals surface area contributed by atoms with Crippen molar-refractivity contribution < 1.29 is 0 Å². The number of para-hydroxylation sites is 1. The number of benzene rings is 8. The first-order chi connectivity index (χ1) is 24.8. The second kappa shape index (κ2) is 12.9. The fourth-order valence-electron chi connectivity index (χ4n) is 7.46. The molecule has 50 heavy (non-hydrogen) atoms. The molecule has 9 aromatic rings. The summed E-state index contributed by atoms with van der Waals surface area (Å²) in [4.78, 5) is 0. The predicted molar refractivity (Wildman–Crippen MR) is 211 cm³/mol. The highest BCUT2D eigenvalue weighted by Gasteiger charge is 2.20. The Hall–Kier alpha value is -6.44. The number of rotatable bonds is 7. The van der Waals surface area contributed by atoms with Gasteiger partial charge in [0.05, 0.1) is 11.0 Å². The third-order valence-corrected chi connectivity index (χ3v) is 9.97. The maximum Gasteiger partial charge on any atom is 0.0544 e. The largest absolute Gasteiger partial charge is 0.309 e. The molecule has 0 bridgehead atoms. The molecule has 1 atom stereocenters. The van der Waals surface area contributed by atoms with Gasteiger partial charge in [0.2, 0.25) is 0 Å². The highest BCUT2D eigenvalue weighted by atomic mass is 15.0. The summed E-state index contributed by atoms with van der Waals surface area (Å²) in [6.07, 6.45) is 0. The monoisotopic (exact) mass is 637 g/mol. The van der Waals surface area contributed by atoms with Crippen LogP contribution in [0.4, 0.5) is 0 Å². The van der Waals surface area contributed by atoms with Gasteiger partial charge >= 0.3 is 0 Å². The molecular weight excluding hydrogens is 603 g/mol. The first-order valence-electron chi connectivity index (χ1n) is 17.3. The first kappa shape index (κ1) is 29.7. The van der Waals surface area contributed by atoms with Crippen LogP contribution in [0.1, 0.15) is 22.6 Å². The van der Waals surface area contributed by atoms with Gasteiger partial charge in [-0.05, 0) is 74.3 Å². The number of hydrogen-bond donors (Lipinski definition) is 0. The standard InChI is InChI=1S/C49H35N/c1-4-12-35(13-5-1)37-20-22-38(23-21-37)39-24-26-42(27-25-39)49(41-16-8-3-9-17-41)43-30-33-46-45-18-10-11-19-47(45)50(48(46)34-43)44-31-28-40(29-32-44)36-14-6-2-7-15-36/h1-34,49H. The Kier molecular flexibility index (Phi) is 7.64. The van der Waals surface area contributed by atoms with Crippen molar-refractivity contribution >= 4 is 21.8 Å². The van der Waals surface area contributed by atoms with Gasteiger partial charge in [0, 0.05) is 22.4 Å². The molecule has 1 aromatic heterocycles. The zero-order valence-electron chi connectivity index (χ0n) is 27.7. The highest BCUT2D eigenvalue weighted by molar-refractivity contribution is 6.09. The molecule has 0 aliphatic rings. The molecule has 8 aromatic carbocycles. The van der Waals surface area contributed by atoms with E-state index in [1.807, 2.05) is 0 Å². The van der Waals surface area contributed by atoms with Gasteiger partial charge in [-0.25, -0.2) is 0 Å². The van der Waals surface area contributed by atoms with Crippen molar-refractivity contribution in [3.05, 3.63) is 223 Å². The Bertz CT molecular complexity index is 2530. The maximum absolute atomic E-state index is 2.42. The lowest BCUT2D eigenvalue weighted by Gasteiger charge is -2.20. The van der Waals surface area contributed by atoms with E-state index in [4.69, 9.17) is 0 Å². The van der Waals surface area contributed by atoms with Crippen LogP contribution in [0.5, 0.6) is 0 Å². The minimum atomic E-state index is 0.0852. The van der Waals surface area contributed by atoms with Crippen molar-refractivity contribution in [1.82, 2.24) is 4.57 Å². The molecule has 0 spiro atoms. The number of hydrogen-bond acceptors (Lipinski definition) is 0. The summed E-state index contributed by atoms with van der Waals surface area (Å²) in [5.74, 6) is 0.0852. The Morgan fingerprint density at radius 3 is 1.26 bits per heavy atom. The maximum atomic E-state index is 2.42. The van der Waals surface area contributed by atoms with E-state index in [0.29, 0.717) is 0 Å². The summed E-state index contributed by atoms with van der Waals surface area (Å²) >= 11 is 0. The van der Waals surface area contributed by atoms with Crippen LogP contribution in [-0.2, 0) is 0 Å². The molecule has 1 nitrogen and oxygen atoms in total. The Morgan fingerprint density at radius 1 is 0.280 bits per heavy atom. The fraction of sp³-hybridized carbons (Fsp3) is 0.0204. The minimum absolute atomic E-state index is 0.0852. The summed E-state index contributed by atoms with van der Waals surface area (Å²) in [7, 11) is 0. The molecule has 0 N–H and O–H groups in total.